The average molecular weight is 421 g/mol. The molecule has 0 saturated heterocycles. The van der Waals surface area contributed by atoms with Gasteiger partial charge in [-0.05, 0) is 43.2 Å². The lowest BCUT2D eigenvalue weighted by Gasteiger charge is -2.22. The van der Waals surface area contributed by atoms with Crippen LogP contribution in [0.3, 0.4) is 0 Å². The molecule has 29 heavy (non-hydrogen) atoms. The number of amides is 1. The Morgan fingerprint density at radius 1 is 1.17 bits per heavy atom. The summed E-state index contributed by atoms with van der Waals surface area (Å²) in [5.74, 6) is -0.500. The van der Waals surface area contributed by atoms with Crippen LogP contribution in [0.5, 0.6) is 0 Å². The molecule has 2 rings (SSSR count). The highest BCUT2D eigenvalue weighted by atomic mass is 32.2. The summed E-state index contributed by atoms with van der Waals surface area (Å²) >= 11 is 0. The summed E-state index contributed by atoms with van der Waals surface area (Å²) in [5.41, 5.74) is 2.27. The fraction of sp³-hybridized carbons (Fsp3) is 0.316. The topological polar surface area (TPSA) is 119 Å². The number of methoxy groups -OCH3 is 1. The molecule has 0 fully saturated rings. The van der Waals surface area contributed by atoms with E-state index in [-0.39, 0.29) is 23.7 Å². The van der Waals surface area contributed by atoms with E-state index in [9.17, 15) is 23.3 Å². The molecular formula is C19H23N3O6S. The summed E-state index contributed by atoms with van der Waals surface area (Å²) in [6, 6.07) is 9.97. The number of nitro groups is 1. The van der Waals surface area contributed by atoms with Crippen molar-refractivity contribution in [3.8, 4) is 0 Å². The van der Waals surface area contributed by atoms with Gasteiger partial charge in [0.05, 0.1) is 23.0 Å². The lowest BCUT2D eigenvalue weighted by molar-refractivity contribution is -0.384. The van der Waals surface area contributed by atoms with Crippen molar-refractivity contribution in [3.63, 3.8) is 0 Å². The quantitative estimate of drug-likeness (QED) is 0.491. The summed E-state index contributed by atoms with van der Waals surface area (Å²) in [7, 11) is -2.63. The molecule has 0 radical (unpaired) electrons. The van der Waals surface area contributed by atoms with E-state index in [0.717, 1.165) is 39.7 Å². The van der Waals surface area contributed by atoms with Crippen LogP contribution in [-0.2, 0) is 19.6 Å². The minimum atomic E-state index is -4.05. The van der Waals surface area contributed by atoms with Crippen molar-refractivity contribution in [2.75, 3.05) is 32.1 Å². The number of hydrogen-bond acceptors (Lipinski definition) is 6. The van der Waals surface area contributed by atoms with Crippen LogP contribution in [0.2, 0.25) is 0 Å². The van der Waals surface area contributed by atoms with Gasteiger partial charge < -0.3 is 10.1 Å². The molecule has 0 aliphatic heterocycles. The average Bonchev–Trinajstić information content (AvgIpc) is 2.68. The van der Waals surface area contributed by atoms with Gasteiger partial charge in [-0.3, -0.25) is 14.9 Å². The van der Waals surface area contributed by atoms with Crippen LogP contribution in [0.25, 0.3) is 0 Å². The molecule has 0 saturated carbocycles. The van der Waals surface area contributed by atoms with Crippen LogP contribution in [0.4, 0.5) is 11.4 Å². The number of nitrogens with zero attached hydrogens (tertiary/aromatic N) is 2. The van der Waals surface area contributed by atoms with Gasteiger partial charge in [-0.1, -0.05) is 12.1 Å². The molecule has 0 unspecified atom stereocenters. The van der Waals surface area contributed by atoms with Crippen molar-refractivity contribution in [2.45, 2.75) is 18.7 Å². The maximum Gasteiger partial charge on any atom is 0.269 e. The van der Waals surface area contributed by atoms with Gasteiger partial charge in [0.15, 0.2) is 0 Å². The third kappa shape index (κ3) is 5.59. The van der Waals surface area contributed by atoms with Gasteiger partial charge in [-0.2, -0.15) is 4.31 Å². The number of rotatable bonds is 9. The zero-order valence-corrected chi connectivity index (χ0v) is 17.2. The molecule has 0 bridgehead atoms. The second kappa shape index (κ2) is 9.59. The molecule has 0 heterocycles. The van der Waals surface area contributed by atoms with E-state index in [0.29, 0.717) is 5.69 Å². The van der Waals surface area contributed by atoms with Gasteiger partial charge in [0.25, 0.3) is 5.69 Å². The molecule has 1 amide bonds. The highest BCUT2D eigenvalue weighted by molar-refractivity contribution is 7.89. The fourth-order valence-electron chi connectivity index (χ4n) is 2.60. The molecule has 2 aromatic rings. The number of nitrogens with one attached hydrogen (secondary N) is 1. The van der Waals surface area contributed by atoms with Gasteiger partial charge in [-0.25, -0.2) is 8.42 Å². The molecule has 0 spiro atoms. The van der Waals surface area contributed by atoms with E-state index in [4.69, 9.17) is 4.74 Å². The van der Waals surface area contributed by atoms with E-state index in [1.54, 1.807) is 12.1 Å². The second-order valence-electron chi connectivity index (χ2n) is 6.38. The normalized spacial score (nSPS) is 11.4. The predicted octanol–water partition coefficient (Wildman–Crippen LogP) is 2.49. The highest BCUT2D eigenvalue weighted by Crippen LogP contribution is 2.21. The predicted molar refractivity (Wildman–Crippen MR) is 108 cm³/mol. The van der Waals surface area contributed by atoms with Gasteiger partial charge >= 0.3 is 0 Å². The molecule has 9 nitrogen and oxygen atoms in total. The summed E-state index contributed by atoms with van der Waals surface area (Å²) in [6.45, 7) is 3.39. The summed E-state index contributed by atoms with van der Waals surface area (Å²) in [5, 5.41) is 13.5. The van der Waals surface area contributed by atoms with E-state index >= 15 is 0 Å². The molecule has 0 aliphatic carbocycles. The number of non-ortho nitro benzene ring substituents is 1. The maximum atomic E-state index is 12.9. The third-order valence-electron chi connectivity index (χ3n) is 4.43. The van der Waals surface area contributed by atoms with Crippen LogP contribution >= 0.6 is 0 Å². The minimum Gasteiger partial charge on any atom is -0.383 e. The van der Waals surface area contributed by atoms with Crippen molar-refractivity contribution >= 4 is 27.3 Å². The van der Waals surface area contributed by atoms with Gasteiger partial charge in [0, 0.05) is 31.5 Å². The van der Waals surface area contributed by atoms with E-state index in [1.165, 1.54) is 7.11 Å². The lowest BCUT2D eigenvalue weighted by Crippen LogP contribution is -2.40. The number of nitro benzene ring substituents is 1. The van der Waals surface area contributed by atoms with Gasteiger partial charge in [0.2, 0.25) is 15.9 Å². The largest absolute Gasteiger partial charge is 0.383 e. The maximum absolute atomic E-state index is 12.9. The molecule has 10 heteroatoms. The fourth-order valence-corrected chi connectivity index (χ4v) is 3.98. The van der Waals surface area contributed by atoms with Crippen molar-refractivity contribution in [1.29, 1.82) is 0 Å². The zero-order chi connectivity index (χ0) is 21.6. The Kier molecular flexibility index (Phi) is 7.43. The summed E-state index contributed by atoms with van der Waals surface area (Å²) < 4.78 is 31.8. The molecule has 1 N–H and O–H groups in total. The van der Waals surface area contributed by atoms with Crippen LogP contribution in [0, 0.1) is 24.0 Å². The lowest BCUT2D eigenvalue weighted by atomic mass is 10.1. The van der Waals surface area contributed by atoms with Crippen LogP contribution < -0.4 is 5.32 Å². The Balaban J connectivity index is 2.24. The summed E-state index contributed by atoms with van der Waals surface area (Å²) in [4.78, 5) is 22.6. The first-order valence-corrected chi connectivity index (χ1v) is 10.2. The van der Waals surface area contributed by atoms with Crippen molar-refractivity contribution < 1.29 is 22.9 Å². The number of anilines is 1. The standard InChI is InChI=1S/C19H23N3O6S/c1-14-5-4-6-18(15(14)2)20-19(23)13-21(11-12-28-3)29(26,27)17-9-7-16(8-10-17)22(24)25/h4-10H,11-13H2,1-3H3,(H,20,23). The van der Waals surface area contributed by atoms with E-state index in [1.807, 2.05) is 19.9 Å². The van der Waals surface area contributed by atoms with Crippen molar-refractivity contribution in [2.24, 2.45) is 0 Å². The van der Waals surface area contributed by atoms with Crippen molar-refractivity contribution in [3.05, 3.63) is 63.7 Å². The Bertz CT molecular complexity index is 990. The van der Waals surface area contributed by atoms with Gasteiger partial charge in [0.1, 0.15) is 0 Å². The summed E-state index contributed by atoms with van der Waals surface area (Å²) in [6.07, 6.45) is 0. The molecule has 0 aromatic heterocycles. The van der Waals surface area contributed by atoms with E-state index < -0.39 is 27.4 Å². The highest BCUT2D eigenvalue weighted by Gasteiger charge is 2.27. The monoisotopic (exact) mass is 421 g/mol. The third-order valence-corrected chi connectivity index (χ3v) is 6.29. The minimum absolute atomic E-state index is 0.0456. The molecule has 0 atom stereocenters. The van der Waals surface area contributed by atoms with Crippen molar-refractivity contribution in [1.82, 2.24) is 4.31 Å². The number of carbonyl (C=O) groups is 1. The SMILES string of the molecule is COCCN(CC(=O)Nc1cccc(C)c1C)S(=O)(=O)c1ccc([N+](=O)[O-])cc1. The number of carbonyl (C=O) groups excluding carboxylic acids is 1. The number of sulfonamides is 1. The van der Waals surface area contributed by atoms with Gasteiger partial charge in [-0.15, -0.1) is 0 Å². The smallest absolute Gasteiger partial charge is 0.269 e. The Labute approximate surface area is 169 Å². The number of hydrogen-bond donors (Lipinski definition) is 1. The molecular weight excluding hydrogens is 398 g/mol. The first-order chi connectivity index (χ1) is 13.7. The first-order valence-electron chi connectivity index (χ1n) is 8.76. The Hall–Kier alpha value is -2.82. The zero-order valence-electron chi connectivity index (χ0n) is 16.4. The number of aryl methyl sites for hydroxylation is 1. The second-order valence-corrected chi connectivity index (χ2v) is 8.32. The Morgan fingerprint density at radius 3 is 2.41 bits per heavy atom. The number of ether oxygens (including phenoxy) is 1. The molecule has 0 aliphatic rings. The van der Waals surface area contributed by atoms with Crippen LogP contribution in [-0.4, -0.2) is 50.4 Å². The number of benzene rings is 2. The van der Waals surface area contributed by atoms with Crippen LogP contribution in [0.15, 0.2) is 47.4 Å². The Morgan fingerprint density at radius 2 is 1.83 bits per heavy atom. The van der Waals surface area contributed by atoms with E-state index in [2.05, 4.69) is 5.32 Å². The first kappa shape index (κ1) is 22.5. The van der Waals surface area contributed by atoms with Crippen LogP contribution in [0.1, 0.15) is 11.1 Å². The molecule has 2 aromatic carbocycles. The molecule has 156 valence electrons.